The van der Waals surface area contributed by atoms with E-state index in [1.165, 1.54) is 12.1 Å². The number of aryl methyl sites for hydroxylation is 1. The van der Waals surface area contributed by atoms with Crippen molar-refractivity contribution >= 4 is 28.5 Å². The highest BCUT2D eigenvalue weighted by Crippen LogP contribution is 2.29. The molecule has 1 fully saturated rings. The summed E-state index contributed by atoms with van der Waals surface area (Å²) in [6.45, 7) is 2.07. The van der Waals surface area contributed by atoms with Crippen LogP contribution in [0.4, 0.5) is 10.1 Å². The van der Waals surface area contributed by atoms with Crippen LogP contribution in [-0.2, 0) is 22.4 Å². The van der Waals surface area contributed by atoms with E-state index in [0.717, 1.165) is 60.0 Å². The summed E-state index contributed by atoms with van der Waals surface area (Å²) >= 11 is 0. The molecule has 7 heteroatoms. The third-order valence-corrected chi connectivity index (χ3v) is 6.77. The molecule has 2 heterocycles. The zero-order valence-corrected chi connectivity index (χ0v) is 19.1. The van der Waals surface area contributed by atoms with Crippen LogP contribution in [0.25, 0.3) is 10.9 Å². The Kier molecular flexibility index (Phi) is 6.43. The molecule has 3 aromatic rings. The molecule has 2 aliphatic rings. The SMILES string of the molecule is O=C(OCC(=O)N1CCN(c2ccc(F)cc2)CC1)c1c2c(nc3ccccc13)CCCCC2. The summed E-state index contributed by atoms with van der Waals surface area (Å²) in [6, 6.07) is 14.0. The van der Waals surface area contributed by atoms with Crippen LogP contribution in [0.3, 0.4) is 0 Å². The van der Waals surface area contributed by atoms with Gasteiger partial charge in [0, 0.05) is 42.9 Å². The van der Waals surface area contributed by atoms with E-state index in [1.807, 2.05) is 24.3 Å². The van der Waals surface area contributed by atoms with Gasteiger partial charge in [0.15, 0.2) is 6.61 Å². The Hall–Kier alpha value is -3.48. The number of benzene rings is 2. The predicted octanol–water partition coefficient (Wildman–Crippen LogP) is 4.15. The molecule has 34 heavy (non-hydrogen) atoms. The molecule has 1 aliphatic heterocycles. The molecular formula is C27H28FN3O3. The third kappa shape index (κ3) is 4.60. The van der Waals surface area contributed by atoms with Crippen molar-refractivity contribution in [1.82, 2.24) is 9.88 Å². The molecular weight excluding hydrogens is 433 g/mol. The maximum absolute atomic E-state index is 13.2. The average Bonchev–Trinajstić information content (AvgIpc) is 3.11. The monoisotopic (exact) mass is 461 g/mol. The zero-order valence-electron chi connectivity index (χ0n) is 19.1. The molecule has 0 spiro atoms. The van der Waals surface area contributed by atoms with Crippen LogP contribution in [-0.4, -0.2) is 54.5 Å². The highest BCUT2D eigenvalue weighted by Gasteiger charge is 2.26. The number of carbonyl (C=O) groups is 2. The van der Waals surface area contributed by atoms with Gasteiger partial charge in [-0.2, -0.15) is 0 Å². The quantitative estimate of drug-likeness (QED) is 0.432. The lowest BCUT2D eigenvalue weighted by Gasteiger charge is -2.36. The molecule has 0 N–H and O–H groups in total. The molecule has 1 aliphatic carbocycles. The standard InChI is InChI=1S/C27H28FN3O3/c28-19-10-12-20(13-11-19)30-14-16-31(17-15-30)25(32)18-34-27(33)26-21-6-2-1-3-8-23(21)29-24-9-5-4-7-22(24)26/h4-5,7,9-13H,1-3,6,8,14-18H2. The number of fused-ring (bicyclic) bond motifs is 2. The van der Waals surface area contributed by atoms with Crippen LogP contribution in [0.1, 0.15) is 40.9 Å². The van der Waals surface area contributed by atoms with Crippen LogP contribution < -0.4 is 4.90 Å². The van der Waals surface area contributed by atoms with Gasteiger partial charge < -0.3 is 14.5 Å². The van der Waals surface area contributed by atoms with Crippen LogP contribution in [0.15, 0.2) is 48.5 Å². The van der Waals surface area contributed by atoms with Gasteiger partial charge in [0.05, 0.1) is 11.1 Å². The lowest BCUT2D eigenvalue weighted by atomic mass is 9.97. The van der Waals surface area contributed by atoms with Crippen molar-refractivity contribution in [3.63, 3.8) is 0 Å². The number of ether oxygens (including phenoxy) is 1. The molecule has 0 saturated carbocycles. The predicted molar refractivity (Wildman–Crippen MR) is 128 cm³/mol. The van der Waals surface area contributed by atoms with Gasteiger partial charge in [-0.3, -0.25) is 9.78 Å². The van der Waals surface area contributed by atoms with Gasteiger partial charge in [0.1, 0.15) is 5.82 Å². The summed E-state index contributed by atoms with van der Waals surface area (Å²) < 4.78 is 18.7. The minimum atomic E-state index is -0.449. The van der Waals surface area contributed by atoms with Crippen molar-refractivity contribution in [2.45, 2.75) is 32.1 Å². The maximum Gasteiger partial charge on any atom is 0.339 e. The Balaban J connectivity index is 1.25. The van der Waals surface area contributed by atoms with Crippen molar-refractivity contribution in [1.29, 1.82) is 0 Å². The lowest BCUT2D eigenvalue weighted by Crippen LogP contribution is -2.49. The van der Waals surface area contributed by atoms with E-state index in [2.05, 4.69) is 4.90 Å². The van der Waals surface area contributed by atoms with Gasteiger partial charge in [0.25, 0.3) is 5.91 Å². The van der Waals surface area contributed by atoms with Gasteiger partial charge in [-0.15, -0.1) is 0 Å². The molecule has 1 aromatic heterocycles. The minimum Gasteiger partial charge on any atom is -0.452 e. The second-order valence-corrected chi connectivity index (χ2v) is 8.91. The number of carbonyl (C=O) groups excluding carboxylic acids is 2. The number of hydrogen-bond acceptors (Lipinski definition) is 5. The van der Waals surface area contributed by atoms with E-state index >= 15 is 0 Å². The zero-order chi connectivity index (χ0) is 23.5. The number of para-hydroxylation sites is 1. The van der Waals surface area contributed by atoms with Gasteiger partial charge in [0.2, 0.25) is 0 Å². The number of piperazine rings is 1. The van der Waals surface area contributed by atoms with Gasteiger partial charge in [-0.05, 0) is 61.6 Å². The van der Waals surface area contributed by atoms with Gasteiger partial charge in [-0.25, -0.2) is 9.18 Å². The van der Waals surface area contributed by atoms with Crippen molar-refractivity contribution in [3.05, 3.63) is 71.2 Å². The Bertz CT molecular complexity index is 1200. The Labute approximate surface area is 198 Å². The fourth-order valence-corrected chi connectivity index (χ4v) is 4.94. The number of pyridine rings is 1. The molecule has 0 atom stereocenters. The summed E-state index contributed by atoms with van der Waals surface area (Å²) in [5, 5.41) is 0.786. The Morgan fingerprint density at radius 1 is 0.912 bits per heavy atom. The topological polar surface area (TPSA) is 62.7 Å². The molecule has 6 nitrogen and oxygen atoms in total. The number of anilines is 1. The van der Waals surface area contributed by atoms with Crippen LogP contribution >= 0.6 is 0 Å². The number of aromatic nitrogens is 1. The molecule has 0 unspecified atom stereocenters. The summed E-state index contributed by atoms with van der Waals surface area (Å²) in [6.07, 6.45) is 4.86. The molecule has 5 rings (SSSR count). The number of nitrogens with zero attached hydrogens (tertiary/aromatic N) is 3. The van der Waals surface area contributed by atoms with E-state index in [4.69, 9.17) is 9.72 Å². The van der Waals surface area contributed by atoms with E-state index < -0.39 is 5.97 Å². The second kappa shape index (κ2) is 9.79. The summed E-state index contributed by atoms with van der Waals surface area (Å²) in [4.78, 5) is 34.7. The Morgan fingerprint density at radius 3 is 2.44 bits per heavy atom. The first-order valence-electron chi connectivity index (χ1n) is 12.0. The number of halogens is 1. The van der Waals surface area contributed by atoms with Crippen LogP contribution in [0, 0.1) is 5.82 Å². The minimum absolute atomic E-state index is 0.198. The maximum atomic E-state index is 13.2. The molecule has 2 aromatic carbocycles. The number of hydrogen-bond donors (Lipinski definition) is 0. The molecule has 1 amide bonds. The fourth-order valence-electron chi connectivity index (χ4n) is 4.94. The lowest BCUT2D eigenvalue weighted by molar-refractivity contribution is -0.134. The first-order valence-corrected chi connectivity index (χ1v) is 12.0. The van der Waals surface area contributed by atoms with Gasteiger partial charge in [-0.1, -0.05) is 24.6 Å². The van der Waals surface area contributed by atoms with Gasteiger partial charge >= 0.3 is 5.97 Å². The largest absolute Gasteiger partial charge is 0.452 e. The highest BCUT2D eigenvalue weighted by atomic mass is 19.1. The van der Waals surface area contributed by atoms with Crippen molar-refractivity contribution in [3.8, 4) is 0 Å². The van der Waals surface area contributed by atoms with E-state index in [1.54, 1.807) is 17.0 Å². The smallest absolute Gasteiger partial charge is 0.339 e. The molecule has 176 valence electrons. The average molecular weight is 462 g/mol. The first kappa shape index (κ1) is 22.3. The molecule has 0 radical (unpaired) electrons. The summed E-state index contributed by atoms with van der Waals surface area (Å²) in [5.41, 5.74) is 4.24. The van der Waals surface area contributed by atoms with Crippen molar-refractivity contribution in [2.24, 2.45) is 0 Å². The highest BCUT2D eigenvalue weighted by molar-refractivity contribution is 6.05. The fraction of sp³-hybridized carbons (Fsp3) is 0.370. The second-order valence-electron chi connectivity index (χ2n) is 8.91. The van der Waals surface area contributed by atoms with Crippen LogP contribution in [0.5, 0.6) is 0 Å². The van der Waals surface area contributed by atoms with Crippen LogP contribution in [0.2, 0.25) is 0 Å². The number of esters is 1. The summed E-state index contributed by atoms with van der Waals surface area (Å²) in [5.74, 6) is -0.912. The third-order valence-electron chi connectivity index (χ3n) is 6.77. The van der Waals surface area contributed by atoms with Crippen molar-refractivity contribution < 1.29 is 18.7 Å². The number of amides is 1. The van der Waals surface area contributed by atoms with E-state index in [-0.39, 0.29) is 18.3 Å². The first-order chi connectivity index (χ1) is 16.6. The summed E-state index contributed by atoms with van der Waals surface area (Å²) in [7, 11) is 0. The molecule has 1 saturated heterocycles. The number of rotatable bonds is 4. The normalized spacial score (nSPS) is 16.1. The Morgan fingerprint density at radius 2 is 1.65 bits per heavy atom. The van der Waals surface area contributed by atoms with Crippen molar-refractivity contribution in [2.75, 3.05) is 37.7 Å². The van der Waals surface area contributed by atoms with E-state index in [9.17, 15) is 14.0 Å². The molecule has 0 bridgehead atoms. The van der Waals surface area contributed by atoms with E-state index in [0.29, 0.717) is 31.7 Å².